The summed E-state index contributed by atoms with van der Waals surface area (Å²) in [4.78, 5) is 11.5. The largest absolute Gasteiger partial charge is 0.409 e. The molecule has 1 amide bonds. The number of unbranched alkanes of at least 4 members (excludes halogenated alkanes) is 1. The van der Waals surface area contributed by atoms with Crippen molar-refractivity contribution in [2.45, 2.75) is 58.4 Å². The Bertz CT molecular complexity index is 229. The van der Waals surface area contributed by atoms with Crippen LogP contribution >= 0.6 is 0 Å². The fourth-order valence-corrected chi connectivity index (χ4v) is 1.57. The second kappa shape index (κ2) is 9.00. The van der Waals surface area contributed by atoms with Crippen LogP contribution in [0.5, 0.6) is 0 Å². The Morgan fingerprint density at radius 1 is 1.38 bits per heavy atom. The predicted molar refractivity (Wildman–Crippen MR) is 64.4 cm³/mol. The minimum atomic E-state index is -0.176. The molecular formula is C11H23N3O2. The van der Waals surface area contributed by atoms with Crippen LogP contribution in [0.2, 0.25) is 0 Å². The van der Waals surface area contributed by atoms with E-state index >= 15 is 0 Å². The minimum Gasteiger partial charge on any atom is -0.409 e. The van der Waals surface area contributed by atoms with Gasteiger partial charge in [-0.1, -0.05) is 38.3 Å². The monoisotopic (exact) mass is 229 g/mol. The molecule has 0 aromatic heterocycles. The van der Waals surface area contributed by atoms with Crippen molar-refractivity contribution in [2.24, 2.45) is 10.9 Å². The van der Waals surface area contributed by atoms with E-state index in [0.717, 1.165) is 32.1 Å². The van der Waals surface area contributed by atoms with E-state index < -0.39 is 0 Å². The van der Waals surface area contributed by atoms with Gasteiger partial charge in [0.2, 0.25) is 5.91 Å². The van der Waals surface area contributed by atoms with Crippen LogP contribution in [0.1, 0.15) is 52.4 Å². The van der Waals surface area contributed by atoms with Gasteiger partial charge >= 0.3 is 0 Å². The first-order valence-electron chi connectivity index (χ1n) is 5.89. The van der Waals surface area contributed by atoms with Crippen molar-refractivity contribution >= 4 is 11.7 Å². The van der Waals surface area contributed by atoms with Gasteiger partial charge in [-0.3, -0.25) is 4.79 Å². The molecule has 0 aliphatic rings. The van der Waals surface area contributed by atoms with Gasteiger partial charge in [0.1, 0.15) is 5.84 Å². The van der Waals surface area contributed by atoms with Gasteiger partial charge in [-0.2, -0.15) is 0 Å². The molecule has 16 heavy (non-hydrogen) atoms. The van der Waals surface area contributed by atoms with Gasteiger partial charge in [-0.15, -0.1) is 0 Å². The van der Waals surface area contributed by atoms with E-state index in [4.69, 9.17) is 10.9 Å². The maximum absolute atomic E-state index is 11.5. The Balaban J connectivity index is 4.01. The summed E-state index contributed by atoms with van der Waals surface area (Å²) in [5.74, 6) is -0.229. The molecule has 0 radical (unpaired) electrons. The van der Waals surface area contributed by atoms with E-state index in [1.54, 1.807) is 0 Å². The SMILES string of the molecule is CCCCC(CCC)NC(=O)CC(N)=NO. The summed E-state index contributed by atoms with van der Waals surface area (Å²) >= 11 is 0. The molecular weight excluding hydrogens is 206 g/mol. The third kappa shape index (κ3) is 7.09. The molecule has 0 aliphatic carbocycles. The van der Waals surface area contributed by atoms with Crippen LogP contribution in [-0.4, -0.2) is 23.0 Å². The van der Waals surface area contributed by atoms with Crippen LogP contribution in [0.4, 0.5) is 0 Å². The average molecular weight is 229 g/mol. The quantitative estimate of drug-likeness (QED) is 0.256. The van der Waals surface area contributed by atoms with Gasteiger partial charge < -0.3 is 16.3 Å². The molecule has 0 aliphatic heterocycles. The summed E-state index contributed by atoms with van der Waals surface area (Å²) in [5, 5.41) is 14.0. The fraction of sp³-hybridized carbons (Fsp3) is 0.818. The predicted octanol–water partition coefficient (Wildman–Crippen LogP) is 1.60. The van der Waals surface area contributed by atoms with Crippen LogP contribution in [0, 0.1) is 0 Å². The number of hydrogen-bond acceptors (Lipinski definition) is 3. The average Bonchev–Trinajstić information content (AvgIpc) is 2.25. The lowest BCUT2D eigenvalue weighted by atomic mass is 10.1. The van der Waals surface area contributed by atoms with Crippen molar-refractivity contribution in [1.82, 2.24) is 5.32 Å². The van der Waals surface area contributed by atoms with E-state index in [0.29, 0.717) is 0 Å². The van der Waals surface area contributed by atoms with Crippen molar-refractivity contribution in [1.29, 1.82) is 0 Å². The third-order valence-electron chi connectivity index (χ3n) is 2.38. The molecule has 0 heterocycles. The van der Waals surface area contributed by atoms with Crippen LogP contribution in [0.15, 0.2) is 5.16 Å². The standard InChI is InChI=1S/C11H23N3O2/c1-3-5-7-9(6-4-2)13-11(15)8-10(12)14-16/h9,16H,3-8H2,1-2H3,(H2,12,14)(H,13,15). The van der Waals surface area contributed by atoms with Crippen molar-refractivity contribution in [2.75, 3.05) is 0 Å². The van der Waals surface area contributed by atoms with Crippen molar-refractivity contribution in [3.63, 3.8) is 0 Å². The Morgan fingerprint density at radius 2 is 2.06 bits per heavy atom. The molecule has 0 aromatic carbocycles. The number of rotatable bonds is 8. The second-order valence-electron chi connectivity index (χ2n) is 3.96. The van der Waals surface area contributed by atoms with Gasteiger partial charge in [0.15, 0.2) is 0 Å². The highest BCUT2D eigenvalue weighted by Gasteiger charge is 2.12. The zero-order valence-electron chi connectivity index (χ0n) is 10.2. The molecule has 0 fully saturated rings. The Hall–Kier alpha value is -1.26. The van der Waals surface area contributed by atoms with Gasteiger partial charge in [-0.25, -0.2) is 0 Å². The summed E-state index contributed by atoms with van der Waals surface area (Å²) in [6.45, 7) is 4.22. The summed E-state index contributed by atoms with van der Waals surface area (Å²) < 4.78 is 0. The number of nitrogens with zero attached hydrogens (tertiary/aromatic N) is 1. The van der Waals surface area contributed by atoms with E-state index in [1.165, 1.54) is 0 Å². The maximum atomic E-state index is 11.5. The van der Waals surface area contributed by atoms with Gasteiger partial charge in [0.25, 0.3) is 0 Å². The highest BCUT2D eigenvalue weighted by atomic mass is 16.4. The van der Waals surface area contributed by atoms with E-state index in [9.17, 15) is 4.79 Å². The van der Waals surface area contributed by atoms with Gasteiger partial charge in [0, 0.05) is 6.04 Å². The number of amides is 1. The summed E-state index contributed by atoms with van der Waals surface area (Å²) in [6, 6.07) is 0.212. The van der Waals surface area contributed by atoms with E-state index in [1.807, 2.05) is 0 Å². The Labute approximate surface area is 97.1 Å². The van der Waals surface area contributed by atoms with Crippen molar-refractivity contribution in [3.8, 4) is 0 Å². The lowest BCUT2D eigenvalue weighted by molar-refractivity contribution is -0.120. The Morgan fingerprint density at radius 3 is 2.56 bits per heavy atom. The molecule has 94 valence electrons. The molecule has 0 saturated carbocycles. The molecule has 4 N–H and O–H groups in total. The summed E-state index contributed by atoms with van der Waals surface area (Å²) in [5.41, 5.74) is 5.26. The van der Waals surface area contributed by atoms with Crippen LogP contribution in [0.25, 0.3) is 0 Å². The number of nitrogens with two attached hydrogens (primary N) is 1. The number of carbonyl (C=O) groups excluding carboxylic acids is 1. The third-order valence-corrected chi connectivity index (χ3v) is 2.38. The summed E-state index contributed by atoms with van der Waals surface area (Å²) in [6.07, 6.45) is 5.19. The lowest BCUT2D eigenvalue weighted by Gasteiger charge is -2.17. The van der Waals surface area contributed by atoms with Gasteiger partial charge in [0.05, 0.1) is 6.42 Å². The number of hydrogen-bond donors (Lipinski definition) is 3. The number of oxime groups is 1. The first-order valence-corrected chi connectivity index (χ1v) is 5.89. The first-order chi connectivity index (χ1) is 7.63. The maximum Gasteiger partial charge on any atom is 0.227 e. The zero-order chi connectivity index (χ0) is 12.4. The summed E-state index contributed by atoms with van der Waals surface area (Å²) in [7, 11) is 0. The van der Waals surface area contributed by atoms with Crippen LogP contribution < -0.4 is 11.1 Å². The molecule has 0 rings (SSSR count). The number of amidine groups is 1. The molecule has 0 saturated heterocycles. The molecule has 5 heteroatoms. The second-order valence-corrected chi connectivity index (χ2v) is 3.96. The van der Waals surface area contributed by atoms with E-state index in [-0.39, 0.29) is 24.2 Å². The fourth-order valence-electron chi connectivity index (χ4n) is 1.57. The first kappa shape index (κ1) is 14.7. The van der Waals surface area contributed by atoms with Gasteiger partial charge in [-0.05, 0) is 12.8 Å². The Kier molecular flexibility index (Phi) is 8.29. The molecule has 5 nitrogen and oxygen atoms in total. The molecule has 1 unspecified atom stereocenters. The number of nitrogens with one attached hydrogen (secondary N) is 1. The molecule has 0 aromatic rings. The highest BCUT2D eigenvalue weighted by molar-refractivity contribution is 5.98. The molecule has 0 bridgehead atoms. The highest BCUT2D eigenvalue weighted by Crippen LogP contribution is 2.06. The van der Waals surface area contributed by atoms with E-state index in [2.05, 4.69) is 24.3 Å². The topological polar surface area (TPSA) is 87.7 Å². The number of carbonyl (C=O) groups is 1. The lowest BCUT2D eigenvalue weighted by Crippen LogP contribution is -2.37. The van der Waals surface area contributed by atoms with Crippen LogP contribution in [0.3, 0.4) is 0 Å². The zero-order valence-corrected chi connectivity index (χ0v) is 10.2. The smallest absolute Gasteiger partial charge is 0.227 e. The normalized spacial score (nSPS) is 13.5. The van der Waals surface area contributed by atoms with Crippen LogP contribution in [-0.2, 0) is 4.79 Å². The van der Waals surface area contributed by atoms with Crippen molar-refractivity contribution in [3.05, 3.63) is 0 Å². The van der Waals surface area contributed by atoms with Crippen molar-refractivity contribution < 1.29 is 10.0 Å². The minimum absolute atomic E-state index is 0.0388. The molecule has 1 atom stereocenters. The molecule has 0 spiro atoms.